The molecule has 2 aliphatic rings. The molecule has 0 spiro atoms. The second-order valence-electron chi connectivity index (χ2n) is 8.80. The van der Waals surface area contributed by atoms with Crippen LogP contribution in [0.1, 0.15) is 41.6 Å². The molecule has 172 valence electrons. The van der Waals surface area contributed by atoms with Crippen LogP contribution in [0.15, 0.2) is 42.5 Å². The van der Waals surface area contributed by atoms with E-state index in [1.165, 1.54) is 18.4 Å². The van der Waals surface area contributed by atoms with Crippen molar-refractivity contribution in [2.45, 2.75) is 38.3 Å². The third-order valence-corrected chi connectivity index (χ3v) is 7.12. The van der Waals surface area contributed by atoms with Crippen molar-refractivity contribution in [2.24, 2.45) is 5.92 Å². The molecule has 32 heavy (non-hydrogen) atoms. The number of likely N-dealkylation sites (tertiary alicyclic amines) is 1. The molecule has 2 aromatic carbocycles. The van der Waals surface area contributed by atoms with Crippen molar-refractivity contribution in [3.05, 3.63) is 63.6 Å². The molecule has 2 aromatic rings. The lowest BCUT2D eigenvalue weighted by Crippen LogP contribution is -2.44. The minimum absolute atomic E-state index is 0.0953. The summed E-state index contributed by atoms with van der Waals surface area (Å²) in [6, 6.07) is 13.7. The maximum Gasteiger partial charge on any atom is 0.251 e. The number of benzene rings is 2. The zero-order chi connectivity index (χ0) is 22.3. The molecule has 7 heteroatoms. The average molecular weight is 476 g/mol. The zero-order valence-electron chi connectivity index (χ0n) is 18.3. The van der Waals surface area contributed by atoms with Crippen molar-refractivity contribution in [2.75, 3.05) is 32.8 Å². The molecule has 2 aliphatic heterocycles. The summed E-state index contributed by atoms with van der Waals surface area (Å²) in [6.45, 7) is 5.84. The number of amides is 1. The fourth-order valence-corrected chi connectivity index (χ4v) is 4.65. The van der Waals surface area contributed by atoms with Gasteiger partial charge in [0, 0.05) is 31.2 Å². The van der Waals surface area contributed by atoms with E-state index in [0.29, 0.717) is 21.5 Å². The van der Waals surface area contributed by atoms with Gasteiger partial charge in [0.05, 0.1) is 16.7 Å². The number of hydrogen-bond acceptors (Lipinski definition) is 4. The molecule has 0 bridgehead atoms. The first-order valence-electron chi connectivity index (χ1n) is 11.5. The summed E-state index contributed by atoms with van der Waals surface area (Å²) in [6.07, 6.45) is 4.26. The number of rotatable bonds is 7. The largest absolute Gasteiger partial charge is 0.493 e. The molecule has 4 rings (SSSR count). The van der Waals surface area contributed by atoms with E-state index >= 15 is 0 Å². The van der Waals surface area contributed by atoms with E-state index in [9.17, 15) is 4.79 Å². The third kappa shape index (κ3) is 6.61. The zero-order valence-corrected chi connectivity index (χ0v) is 19.8. The number of ether oxygens (including phenoxy) is 1. The fraction of sp³-hybridized carbons (Fsp3) is 0.480. The number of nitrogens with zero attached hydrogens (tertiary/aromatic N) is 1. The summed E-state index contributed by atoms with van der Waals surface area (Å²) in [5, 5.41) is 7.38. The Balaban J connectivity index is 1.19. The van der Waals surface area contributed by atoms with Crippen LogP contribution in [0.4, 0.5) is 0 Å². The highest BCUT2D eigenvalue weighted by Gasteiger charge is 2.21. The first-order valence-corrected chi connectivity index (χ1v) is 12.2. The van der Waals surface area contributed by atoms with Crippen molar-refractivity contribution in [3.63, 3.8) is 0 Å². The van der Waals surface area contributed by atoms with Gasteiger partial charge in [0.1, 0.15) is 5.75 Å². The molecule has 0 saturated carbocycles. The standard InChI is InChI=1S/C25H31Cl2N3O2/c26-23-6-3-20(15-24(23)27)25(31)29-21-9-13-30(14-10-21)16-18-1-4-22(5-2-18)32-17-19-7-11-28-12-8-19/h1-6,15,19,21,28H,7-14,16-17H2,(H,29,31). The Morgan fingerprint density at radius 2 is 1.72 bits per heavy atom. The van der Waals surface area contributed by atoms with Crippen molar-refractivity contribution in [3.8, 4) is 5.75 Å². The summed E-state index contributed by atoms with van der Waals surface area (Å²) in [7, 11) is 0. The van der Waals surface area contributed by atoms with Gasteiger partial charge in [0.25, 0.3) is 5.91 Å². The monoisotopic (exact) mass is 475 g/mol. The Labute approximate surface area is 200 Å². The Morgan fingerprint density at radius 3 is 2.41 bits per heavy atom. The van der Waals surface area contributed by atoms with Crippen LogP contribution < -0.4 is 15.4 Å². The predicted octanol–water partition coefficient (Wildman–Crippen LogP) is 4.77. The lowest BCUT2D eigenvalue weighted by Gasteiger charge is -2.32. The van der Waals surface area contributed by atoms with Crippen molar-refractivity contribution < 1.29 is 9.53 Å². The van der Waals surface area contributed by atoms with E-state index in [1.54, 1.807) is 18.2 Å². The topological polar surface area (TPSA) is 53.6 Å². The molecule has 2 N–H and O–H groups in total. The highest BCUT2D eigenvalue weighted by Crippen LogP contribution is 2.23. The molecule has 2 saturated heterocycles. The van der Waals surface area contributed by atoms with Gasteiger partial charge in [0.15, 0.2) is 0 Å². The third-order valence-electron chi connectivity index (χ3n) is 6.38. The van der Waals surface area contributed by atoms with E-state index in [2.05, 4.69) is 39.8 Å². The number of halogens is 2. The summed E-state index contributed by atoms with van der Waals surface area (Å²) in [5.74, 6) is 1.52. The lowest BCUT2D eigenvalue weighted by molar-refractivity contribution is 0.0909. The Bertz CT molecular complexity index is 893. The smallest absolute Gasteiger partial charge is 0.251 e. The van der Waals surface area contributed by atoms with E-state index < -0.39 is 0 Å². The van der Waals surface area contributed by atoms with E-state index in [1.807, 2.05) is 0 Å². The van der Waals surface area contributed by atoms with Gasteiger partial charge in [-0.3, -0.25) is 9.69 Å². The van der Waals surface area contributed by atoms with E-state index in [-0.39, 0.29) is 11.9 Å². The molecular weight excluding hydrogens is 445 g/mol. The summed E-state index contributed by atoms with van der Waals surface area (Å²) in [4.78, 5) is 14.9. The van der Waals surface area contributed by atoms with Gasteiger partial charge >= 0.3 is 0 Å². The van der Waals surface area contributed by atoms with Crippen LogP contribution in [0.3, 0.4) is 0 Å². The maximum atomic E-state index is 12.5. The van der Waals surface area contributed by atoms with Crippen LogP contribution in [0, 0.1) is 5.92 Å². The number of carbonyl (C=O) groups is 1. The molecule has 2 fully saturated rings. The van der Waals surface area contributed by atoms with Crippen molar-refractivity contribution >= 4 is 29.1 Å². The lowest BCUT2D eigenvalue weighted by atomic mass is 9.99. The Kier molecular flexibility index (Phi) is 8.31. The highest BCUT2D eigenvalue weighted by atomic mass is 35.5. The van der Waals surface area contributed by atoms with Gasteiger partial charge in [-0.1, -0.05) is 35.3 Å². The molecule has 0 radical (unpaired) electrons. The van der Waals surface area contributed by atoms with Gasteiger partial charge in [-0.25, -0.2) is 0 Å². The molecular formula is C25H31Cl2N3O2. The van der Waals surface area contributed by atoms with Crippen LogP contribution in [-0.2, 0) is 6.54 Å². The maximum absolute atomic E-state index is 12.5. The molecule has 1 amide bonds. The first kappa shape index (κ1) is 23.4. The fourth-order valence-electron chi connectivity index (χ4n) is 4.35. The Morgan fingerprint density at radius 1 is 1.00 bits per heavy atom. The number of nitrogens with one attached hydrogen (secondary N) is 2. The second-order valence-corrected chi connectivity index (χ2v) is 9.62. The van der Waals surface area contributed by atoms with Gasteiger partial charge in [-0.05, 0) is 80.6 Å². The predicted molar refractivity (Wildman–Crippen MR) is 130 cm³/mol. The second kappa shape index (κ2) is 11.4. The summed E-state index contributed by atoms with van der Waals surface area (Å²) < 4.78 is 5.99. The number of carbonyl (C=O) groups excluding carboxylic acids is 1. The first-order chi connectivity index (χ1) is 15.6. The summed E-state index contributed by atoms with van der Waals surface area (Å²) in [5.41, 5.74) is 1.83. The normalized spacial score (nSPS) is 18.4. The Hall–Kier alpha value is -1.79. The molecule has 0 atom stereocenters. The van der Waals surface area contributed by atoms with E-state index in [0.717, 1.165) is 57.9 Å². The van der Waals surface area contributed by atoms with Crippen molar-refractivity contribution in [1.29, 1.82) is 0 Å². The van der Waals surface area contributed by atoms with Gasteiger partial charge in [-0.2, -0.15) is 0 Å². The highest BCUT2D eigenvalue weighted by molar-refractivity contribution is 6.42. The van der Waals surface area contributed by atoms with Gasteiger partial charge < -0.3 is 15.4 Å². The van der Waals surface area contributed by atoms with Crippen LogP contribution in [0.5, 0.6) is 5.75 Å². The number of piperidine rings is 2. The molecule has 0 aliphatic carbocycles. The minimum atomic E-state index is -0.0953. The van der Waals surface area contributed by atoms with Crippen LogP contribution in [0.25, 0.3) is 0 Å². The van der Waals surface area contributed by atoms with Gasteiger partial charge in [0.2, 0.25) is 0 Å². The quantitative estimate of drug-likeness (QED) is 0.605. The molecule has 5 nitrogen and oxygen atoms in total. The molecule has 0 aromatic heterocycles. The molecule has 2 heterocycles. The molecule has 0 unspecified atom stereocenters. The summed E-state index contributed by atoms with van der Waals surface area (Å²) >= 11 is 12.0. The SMILES string of the molecule is O=C(NC1CCN(Cc2ccc(OCC3CCNCC3)cc2)CC1)c1ccc(Cl)c(Cl)c1. The number of hydrogen-bond donors (Lipinski definition) is 2. The van der Waals surface area contributed by atoms with Crippen LogP contribution in [0.2, 0.25) is 10.0 Å². The van der Waals surface area contributed by atoms with Crippen molar-refractivity contribution in [1.82, 2.24) is 15.5 Å². The minimum Gasteiger partial charge on any atom is -0.493 e. The average Bonchev–Trinajstić information content (AvgIpc) is 2.82. The van der Waals surface area contributed by atoms with Gasteiger partial charge in [-0.15, -0.1) is 0 Å². The van der Waals surface area contributed by atoms with Crippen LogP contribution in [-0.4, -0.2) is 49.6 Å². The van der Waals surface area contributed by atoms with E-state index in [4.69, 9.17) is 27.9 Å². The van der Waals surface area contributed by atoms with Crippen LogP contribution >= 0.6 is 23.2 Å².